The molecule has 0 radical (unpaired) electrons. The molecule has 0 aliphatic carbocycles. The summed E-state index contributed by atoms with van der Waals surface area (Å²) >= 11 is 0. The molecule has 0 unspecified atom stereocenters. The third-order valence-corrected chi connectivity index (χ3v) is 8.70. The zero-order chi connectivity index (χ0) is 28.3. The molecule has 0 saturated carbocycles. The molecule has 0 aliphatic rings. The second-order valence-electron chi connectivity index (χ2n) is 11.1. The molecule has 0 saturated heterocycles. The molecule has 9 rings (SSSR count). The minimum absolute atomic E-state index is 0.851. The van der Waals surface area contributed by atoms with Crippen LogP contribution in [0.2, 0.25) is 0 Å². The summed E-state index contributed by atoms with van der Waals surface area (Å²) in [5.41, 5.74) is 8.47. The summed E-state index contributed by atoms with van der Waals surface area (Å²) < 4.78 is 0. The average Bonchev–Trinajstić information content (AvgIpc) is 3.47. The number of fused-ring (bicyclic) bond motifs is 9. The Hall–Kier alpha value is -5.80. The van der Waals surface area contributed by atoms with Gasteiger partial charge in [0.05, 0.1) is 11.2 Å². The molecule has 3 heterocycles. The summed E-state index contributed by atoms with van der Waals surface area (Å²) in [6.45, 7) is 0. The highest BCUT2D eigenvalue weighted by atomic mass is 14.8. The first kappa shape index (κ1) is 23.9. The number of pyridine rings is 2. The topological polar surface area (TPSA) is 41.6 Å². The van der Waals surface area contributed by atoms with Gasteiger partial charge >= 0.3 is 0 Å². The lowest BCUT2D eigenvalue weighted by Gasteiger charge is -2.12. The van der Waals surface area contributed by atoms with Gasteiger partial charge in [0.25, 0.3) is 0 Å². The number of benzene rings is 6. The molecule has 0 amide bonds. The first-order valence-corrected chi connectivity index (χ1v) is 14.6. The van der Waals surface area contributed by atoms with Crippen LogP contribution in [0.25, 0.3) is 87.8 Å². The molecule has 3 aromatic heterocycles. The Labute approximate surface area is 248 Å². The Kier molecular flexibility index (Phi) is 5.20. The lowest BCUT2D eigenvalue weighted by Crippen LogP contribution is -1.90. The number of nitrogens with zero attached hydrogens (tertiary/aromatic N) is 2. The van der Waals surface area contributed by atoms with E-state index in [4.69, 9.17) is 9.97 Å². The average molecular weight is 548 g/mol. The molecule has 200 valence electrons. The van der Waals surface area contributed by atoms with Crippen molar-refractivity contribution >= 4 is 54.1 Å². The summed E-state index contributed by atoms with van der Waals surface area (Å²) in [5.74, 6) is 0. The second-order valence-corrected chi connectivity index (χ2v) is 11.1. The Morgan fingerprint density at radius 3 is 1.70 bits per heavy atom. The summed E-state index contributed by atoms with van der Waals surface area (Å²) in [4.78, 5) is 13.1. The van der Waals surface area contributed by atoms with Crippen molar-refractivity contribution in [3.8, 4) is 33.6 Å². The largest absolute Gasteiger partial charge is 0.353 e. The van der Waals surface area contributed by atoms with Crippen molar-refractivity contribution in [1.82, 2.24) is 15.0 Å². The maximum Gasteiger partial charge on any atom is 0.113 e. The molecule has 0 spiro atoms. The van der Waals surface area contributed by atoms with Crippen LogP contribution in [0.15, 0.2) is 146 Å². The maximum absolute atomic E-state index is 4.75. The molecule has 3 nitrogen and oxygen atoms in total. The molecule has 0 aliphatic heterocycles. The predicted molar refractivity (Wildman–Crippen MR) is 180 cm³/mol. The van der Waals surface area contributed by atoms with Crippen LogP contribution >= 0.6 is 0 Å². The molecule has 9 aromatic rings. The lowest BCUT2D eigenvalue weighted by molar-refractivity contribution is 1.26. The van der Waals surface area contributed by atoms with Crippen molar-refractivity contribution in [3.05, 3.63) is 146 Å². The molecule has 0 atom stereocenters. The van der Waals surface area contributed by atoms with Crippen LogP contribution in [0.3, 0.4) is 0 Å². The quantitative estimate of drug-likeness (QED) is 0.224. The normalized spacial score (nSPS) is 11.7. The van der Waals surface area contributed by atoms with Gasteiger partial charge in [-0.25, -0.2) is 0 Å². The highest BCUT2D eigenvalue weighted by molar-refractivity contribution is 6.25. The second kappa shape index (κ2) is 9.37. The van der Waals surface area contributed by atoms with Crippen molar-refractivity contribution in [2.45, 2.75) is 0 Å². The van der Waals surface area contributed by atoms with E-state index in [1.165, 1.54) is 48.8 Å². The Balaban J connectivity index is 1.17. The Morgan fingerprint density at radius 1 is 0.372 bits per heavy atom. The summed E-state index contributed by atoms with van der Waals surface area (Å²) in [6, 6.07) is 47.8. The minimum Gasteiger partial charge on any atom is -0.353 e. The van der Waals surface area contributed by atoms with E-state index in [0.717, 1.165) is 38.9 Å². The third kappa shape index (κ3) is 3.75. The predicted octanol–water partition coefficient (Wildman–Crippen LogP) is 10.6. The van der Waals surface area contributed by atoms with Crippen molar-refractivity contribution in [1.29, 1.82) is 0 Å². The van der Waals surface area contributed by atoms with Crippen LogP contribution in [0.4, 0.5) is 0 Å². The summed E-state index contributed by atoms with van der Waals surface area (Å²) in [5, 5.41) is 10.1. The Morgan fingerprint density at radius 2 is 0.953 bits per heavy atom. The van der Waals surface area contributed by atoms with E-state index >= 15 is 0 Å². The van der Waals surface area contributed by atoms with Gasteiger partial charge in [-0.3, -0.25) is 9.97 Å². The van der Waals surface area contributed by atoms with Crippen molar-refractivity contribution in [2.75, 3.05) is 0 Å². The lowest BCUT2D eigenvalue weighted by atomic mass is 9.91. The van der Waals surface area contributed by atoms with Crippen LogP contribution in [0.1, 0.15) is 0 Å². The number of rotatable bonds is 3. The zero-order valence-corrected chi connectivity index (χ0v) is 23.3. The molecular weight excluding hydrogens is 522 g/mol. The zero-order valence-electron chi connectivity index (χ0n) is 23.3. The summed E-state index contributed by atoms with van der Waals surface area (Å²) in [7, 11) is 0. The first-order valence-electron chi connectivity index (χ1n) is 14.6. The SMILES string of the molecule is c1cc(-c2ccnc(-c3nccc4c3[nH]c3ccccc34)c2)cc(-c2ccc3c4ccccc4c4ccccc4c3c2)c1. The van der Waals surface area contributed by atoms with Gasteiger partial charge in [0.1, 0.15) is 5.69 Å². The monoisotopic (exact) mass is 547 g/mol. The van der Waals surface area contributed by atoms with Crippen LogP contribution in [-0.2, 0) is 0 Å². The van der Waals surface area contributed by atoms with E-state index < -0.39 is 0 Å². The number of aromatic nitrogens is 3. The molecule has 1 N–H and O–H groups in total. The number of para-hydroxylation sites is 1. The van der Waals surface area contributed by atoms with Gasteiger partial charge in [-0.05, 0) is 91.0 Å². The van der Waals surface area contributed by atoms with Crippen LogP contribution in [-0.4, -0.2) is 15.0 Å². The number of hydrogen-bond donors (Lipinski definition) is 1. The van der Waals surface area contributed by atoms with E-state index in [1.54, 1.807) is 0 Å². The number of nitrogens with one attached hydrogen (secondary N) is 1. The number of aromatic amines is 1. The smallest absolute Gasteiger partial charge is 0.113 e. The van der Waals surface area contributed by atoms with Gasteiger partial charge < -0.3 is 4.98 Å². The van der Waals surface area contributed by atoms with E-state index in [0.29, 0.717) is 0 Å². The Bertz CT molecular complexity index is 2490. The van der Waals surface area contributed by atoms with Gasteiger partial charge in [-0.15, -0.1) is 0 Å². The molecule has 43 heavy (non-hydrogen) atoms. The minimum atomic E-state index is 0.851. The van der Waals surface area contributed by atoms with Gasteiger partial charge in [-0.1, -0.05) is 97.1 Å². The molecule has 3 heteroatoms. The van der Waals surface area contributed by atoms with Gasteiger partial charge in [0.2, 0.25) is 0 Å². The van der Waals surface area contributed by atoms with Crippen molar-refractivity contribution in [3.63, 3.8) is 0 Å². The van der Waals surface area contributed by atoms with E-state index in [-0.39, 0.29) is 0 Å². The summed E-state index contributed by atoms with van der Waals surface area (Å²) in [6.07, 6.45) is 3.76. The van der Waals surface area contributed by atoms with Gasteiger partial charge in [-0.2, -0.15) is 0 Å². The van der Waals surface area contributed by atoms with E-state index in [1.807, 2.05) is 12.4 Å². The fourth-order valence-corrected chi connectivity index (χ4v) is 6.67. The van der Waals surface area contributed by atoms with Gasteiger partial charge in [0.15, 0.2) is 0 Å². The fraction of sp³-hybridized carbons (Fsp3) is 0. The third-order valence-electron chi connectivity index (χ3n) is 8.70. The highest BCUT2D eigenvalue weighted by Crippen LogP contribution is 2.38. The highest BCUT2D eigenvalue weighted by Gasteiger charge is 2.14. The van der Waals surface area contributed by atoms with Gasteiger partial charge in [0, 0.05) is 28.7 Å². The molecular formula is C40H25N3. The van der Waals surface area contributed by atoms with Crippen molar-refractivity contribution in [2.24, 2.45) is 0 Å². The van der Waals surface area contributed by atoms with Crippen LogP contribution in [0.5, 0.6) is 0 Å². The standard InChI is InChI=1S/C40H25N3/c1-2-12-31-29(10-1)30-11-3-4-13-32(30)36-23-27(16-17-33(31)36)25-8-7-9-26(22-25)28-18-20-41-38(24-28)40-39-35(19-21-42-40)34-14-5-6-15-37(34)43-39/h1-24,43H. The molecule has 0 fully saturated rings. The maximum atomic E-state index is 4.75. The van der Waals surface area contributed by atoms with E-state index in [2.05, 4.69) is 138 Å². The molecule has 0 bridgehead atoms. The number of H-pyrrole nitrogens is 1. The van der Waals surface area contributed by atoms with E-state index in [9.17, 15) is 0 Å². The first-order chi connectivity index (χ1) is 21.3. The van der Waals surface area contributed by atoms with Crippen molar-refractivity contribution < 1.29 is 0 Å². The van der Waals surface area contributed by atoms with Crippen LogP contribution < -0.4 is 0 Å². The molecule has 6 aromatic carbocycles. The van der Waals surface area contributed by atoms with Crippen LogP contribution in [0, 0.1) is 0 Å². The number of hydrogen-bond acceptors (Lipinski definition) is 2. The fourth-order valence-electron chi connectivity index (χ4n) is 6.67.